The molecule has 0 heterocycles. The summed E-state index contributed by atoms with van der Waals surface area (Å²) in [5.74, 6) is -0.126. The van der Waals surface area contributed by atoms with E-state index in [1.54, 1.807) is 0 Å². The summed E-state index contributed by atoms with van der Waals surface area (Å²) in [6.07, 6.45) is 7.15. The SMILES string of the molecule is CCCCCCOC(=O)C1CCC(O)(c2ccc(C)cc2)CC1. The largest absolute Gasteiger partial charge is 0.465 e. The smallest absolute Gasteiger partial charge is 0.308 e. The third kappa shape index (κ3) is 5.07. The van der Waals surface area contributed by atoms with Crippen molar-refractivity contribution in [3.8, 4) is 0 Å². The molecule has 128 valence electrons. The van der Waals surface area contributed by atoms with Gasteiger partial charge in [-0.3, -0.25) is 4.79 Å². The molecule has 1 N–H and O–H groups in total. The fraction of sp³-hybridized carbons (Fsp3) is 0.650. The van der Waals surface area contributed by atoms with Crippen LogP contribution in [0, 0.1) is 12.8 Å². The number of carbonyl (C=O) groups excluding carboxylic acids is 1. The molecule has 1 aromatic rings. The first kappa shape index (κ1) is 18.0. The second kappa shape index (κ2) is 8.49. The molecular formula is C20H30O3. The molecule has 0 aromatic heterocycles. The van der Waals surface area contributed by atoms with Crippen LogP contribution in [0.15, 0.2) is 24.3 Å². The van der Waals surface area contributed by atoms with Crippen molar-refractivity contribution in [2.45, 2.75) is 70.8 Å². The van der Waals surface area contributed by atoms with Crippen LogP contribution in [0.4, 0.5) is 0 Å². The van der Waals surface area contributed by atoms with Crippen LogP contribution in [-0.4, -0.2) is 17.7 Å². The van der Waals surface area contributed by atoms with E-state index in [2.05, 4.69) is 6.92 Å². The zero-order valence-electron chi connectivity index (χ0n) is 14.5. The van der Waals surface area contributed by atoms with Gasteiger partial charge in [-0.25, -0.2) is 0 Å². The summed E-state index contributed by atoms with van der Waals surface area (Å²) >= 11 is 0. The lowest BCUT2D eigenvalue weighted by Gasteiger charge is -2.35. The number of carbonyl (C=O) groups is 1. The lowest BCUT2D eigenvalue weighted by atomic mass is 9.75. The Hall–Kier alpha value is -1.35. The number of aliphatic hydroxyl groups is 1. The number of hydrogen-bond donors (Lipinski definition) is 1. The minimum absolute atomic E-state index is 0.0492. The van der Waals surface area contributed by atoms with Gasteiger partial charge < -0.3 is 9.84 Å². The third-order valence-electron chi connectivity index (χ3n) is 4.98. The average molecular weight is 318 g/mol. The molecule has 0 spiro atoms. The molecular weight excluding hydrogens is 288 g/mol. The van der Waals surface area contributed by atoms with Crippen LogP contribution in [0.1, 0.15) is 69.4 Å². The summed E-state index contributed by atoms with van der Waals surface area (Å²) in [6, 6.07) is 8.07. The molecule has 3 nitrogen and oxygen atoms in total. The molecule has 1 aliphatic rings. The molecule has 0 aliphatic heterocycles. The van der Waals surface area contributed by atoms with E-state index in [0.29, 0.717) is 32.3 Å². The van der Waals surface area contributed by atoms with Crippen molar-refractivity contribution in [2.24, 2.45) is 5.92 Å². The first-order chi connectivity index (χ1) is 11.0. The zero-order chi connectivity index (χ0) is 16.7. The standard InChI is InChI=1S/C20H30O3/c1-3-4-5-6-15-23-19(21)17-11-13-20(22,14-12-17)18-9-7-16(2)8-10-18/h7-10,17,22H,3-6,11-15H2,1-2H3. The Balaban J connectivity index is 1.78. The Kier molecular flexibility index (Phi) is 6.64. The van der Waals surface area contributed by atoms with Crippen molar-refractivity contribution in [3.05, 3.63) is 35.4 Å². The maximum Gasteiger partial charge on any atom is 0.308 e. The first-order valence-electron chi connectivity index (χ1n) is 9.01. The maximum atomic E-state index is 12.1. The highest BCUT2D eigenvalue weighted by molar-refractivity contribution is 5.72. The topological polar surface area (TPSA) is 46.5 Å². The van der Waals surface area contributed by atoms with Crippen molar-refractivity contribution >= 4 is 5.97 Å². The minimum Gasteiger partial charge on any atom is -0.465 e. The third-order valence-corrected chi connectivity index (χ3v) is 4.98. The van der Waals surface area contributed by atoms with E-state index in [-0.39, 0.29) is 11.9 Å². The van der Waals surface area contributed by atoms with Gasteiger partial charge in [-0.1, -0.05) is 56.0 Å². The van der Waals surface area contributed by atoms with E-state index in [4.69, 9.17) is 4.74 Å². The number of ether oxygens (including phenoxy) is 1. The molecule has 1 aromatic carbocycles. The molecule has 0 unspecified atom stereocenters. The van der Waals surface area contributed by atoms with Crippen molar-refractivity contribution < 1.29 is 14.6 Å². The summed E-state index contributed by atoms with van der Waals surface area (Å²) in [6.45, 7) is 4.75. The molecule has 0 radical (unpaired) electrons. The predicted octanol–water partition coefficient (Wildman–Crippen LogP) is 4.50. The molecule has 1 fully saturated rings. The highest BCUT2D eigenvalue weighted by atomic mass is 16.5. The first-order valence-corrected chi connectivity index (χ1v) is 9.01. The van der Waals surface area contributed by atoms with E-state index < -0.39 is 5.60 Å². The highest BCUT2D eigenvalue weighted by Gasteiger charge is 2.37. The Morgan fingerprint density at radius 3 is 2.43 bits per heavy atom. The van der Waals surface area contributed by atoms with Gasteiger partial charge in [0, 0.05) is 0 Å². The Morgan fingerprint density at radius 2 is 1.83 bits per heavy atom. The molecule has 0 bridgehead atoms. The van der Waals surface area contributed by atoms with Gasteiger partial charge >= 0.3 is 5.97 Å². The minimum atomic E-state index is -0.786. The van der Waals surface area contributed by atoms with Crippen LogP contribution >= 0.6 is 0 Å². The van der Waals surface area contributed by atoms with Crippen molar-refractivity contribution in [3.63, 3.8) is 0 Å². The van der Waals surface area contributed by atoms with Crippen molar-refractivity contribution in [1.82, 2.24) is 0 Å². The van der Waals surface area contributed by atoms with Gasteiger partial charge in [0.05, 0.1) is 18.1 Å². The molecule has 1 aliphatic carbocycles. The van der Waals surface area contributed by atoms with Gasteiger partial charge in [0.1, 0.15) is 0 Å². The number of aryl methyl sites for hydroxylation is 1. The molecule has 3 heteroatoms. The van der Waals surface area contributed by atoms with Crippen LogP contribution in [0.25, 0.3) is 0 Å². The van der Waals surface area contributed by atoms with Gasteiger partial charge in [-0.15, -0.1) is 0 Å². The number of benzene rings is 1. The van der Waals surface area contributed by atoms with Crippen LogP contribution in [0.2, 0.25) is 0 Å². The second-order valence-corrected chi connectivity index (χ2v) is 6.90. The monoisotopic (exact) mass is 318 g/mol. The summed E-state index contributed by atoms with van der Waals surface area (Å²) in [7, 11) is 0. The van der Waals surface area contributed by atoms with Gasteiger partial charge in [-0.05, 0) is 44.6 Å². The van der Waals surface area contributed by atoms with E-state index in [1.807, 2.05) is 31.2 Å². The van der Waals surface area contributed by atoms with Gasteiger partial charge in [0.15, 0.2) is 0 Å². The van der Waals surface area contributed by atoms with Crippen LogP contribution in [-0.2, 0) is 15.1 Å². The lowest BCUT2D eigenvalue weighted by molar-refractivity contribution is -0.152. The van der Waals surface area contributed by atoms with Gasteiger partial charge in [-0.2, -0.15) is 0 Å². The molecule has 0 saturated heterocycles. The molecule has 2 rings (SSSR count). The normalized spacial score (nSPS) is 24.4. The van der Waals surface area contributed by atoms with Gasteiger partial charge in [0.2, 0.25) is 0 Å². The lowest BCUT2D eigenvalue weighted by Crippen LogP contribution is -2.34. The van der Waals surface area contributed by atoms with Crippen LogP contribution in [0.3, 0.4) is 0 Å². The average Bonchev–Trinajstić information content (AvgIpc) is 2.55. The van der Waals surface area contributed by atoms with Crippen LogP contribution in [0.5, 0.6) is 0 Å². The van der Waals surface area contributed by atoms with Gasteiger partial charge in [0.25, 0.3) is 0 Å². The Bertz CT molecular complexity index is 484. The number of hydrogen-bond acceptors (Lipinski definition) is 3. The summed E-state index contributed by atoms with van der Waals surface area (Å²) in [4.78, 5) is 12.1. The molecule has 0 amide bonds. The van der Waals surface area contributed by atoms with Crippen molar-refractivity contribution in [2.75, 3.05) is 6.61 Å². The fourth-order valence-corrected chi connectivity index (χ4v) is 3.30. The maximum absolute atomic E-state index is 12.1. The number of esters is 1. The van der Waals surface area contributed by atoms with E-state index in [0.717, 1.165) is 18.4 Å². The van der Waals surface area contributed by atoms with E-state index in [9.17, 15) is 9.90 Å². The fourth-order valence-electron chi connectivity index (χ4n) is 3.30. The second-order valence-electron chi connectivity index (χ2n) is 6.90. The highest BCUT2D eigenvalue weighted by Crippen LogP contribution is 2.39. The van der Waals surface area contributed by atoms with Crippen LogP contribution < -0.4 is 0 Å². The Labute approximate surface area is 140 Å². The predicted molar refractivity (Wildman–Crippen MR) is 92.1 cm³/mol. The zero-order valence-corrected chi connectivity index (χ0v) is 14.5. The van der Waals surface area contributed by atoms with E-state index in [1.165, 1.54) is 18.4 Å². The molecule has 0 atom stereocenters. The number of rotatable bonds is 7. The molecule has 1 saturated carbocycles. The quantitative estimate of drug-likeness (QED) is 0.595. The summed E-state index contributed by atoms with van der Waals surface area (Å²) in [5.41, 5.74) is 1.37. The van der Waals surface area contributed by atoms with E-state index >= 15 is 0 Å². The summed E-state index contributed by atoms with van der Waals surface area (Å²) < 4.78 is 5.40. The van der Waals surface area contributed by atoms with Crippen molar-refractivity contribution in [1.29, 1.82) is 0 Å². The summed E-state index contributed by atoms with van der Waals surface area (Å²) in [5, 5.41) is 10.9. The Morgan fingerprint density at radius 1 is 1.17 bits per heavy atom. The number of unbranched alkanes of at least 4 members (excludes halogenated alkanes) is 3. The molecule has 23 heavy (non-hydrogen) atoms.